The molecule has 0 fully saturated rings. The minimum absolute atomic E-state index is 0.529. The lowest BCUT2D eigenvalue weighted by atomic mass is 10.1. The maximum Gasteiger partial charge on any atom is 0.177 e. The Bertz CT molecular complexity index is 613. The fraction of sp³-hybridized carbons (Fsp3) is 0.0833. The number of halogens is 2. The third-order valence-electron chi connectivity index (χ3n) is 2.40. The maximum absolute atomic E-state index is 6.00. The van der Waals surface area contributed by atoms with Crippen molar-refractivity contribution in [2.24, 2.45) is 0 Å². The molecule has 1 heterocycles. The number of nitrogens with one attached hydrogen (secondary N) is 1. The van der Waals surface area contributed by atoms with Crippen LogP contribution in [0.1, 0.15) is 0 Å². The molecular weight excluding hydrogens is 275 g/mol. The highest BCUT2D eigenvalue weighted by Crippen LogP contribution is 2.28. The molecule has 0 radical (unpaired) electrons. The van der Waals surface area contributed by atoms with E-state index >= 15 is 0 Å². The average molecular weight is 285 g/mol. The van der Waals surface area contributed by atoms with Gasteiger partial charge >= 0.3 is 0 Å². The van der Waals surface area contributed by atoms with Gasteiger partial charge in [0.15, 0.2) is 4.77 Å². The molecule has 1 N–H and O–H groups in total. The van der Waals surface area contributed by atoms with Crippen molar-refractivity contribution in [3.63, 3.8) is 0 Å². The molecule has 0 bridgehead atoms. The summed E-state index contributed by atoms with van der Waals surface area (Å²) < 4.78 is 2.60. The smallest absolute Gasteiger partial charge is 0.177 e. The van der Waals surface area contributed by atoms with Crippen LogP contribution < -0.4 is 0 Å². The van der Waals surface area contributed by atoms with Gasteiger partial charge in [0.05, 0.1) is 15.7 Å². The Morgan fingerprint density at radius 1 is 1.35 bits per heavy atom. The van der Waals surface area contributed by atoms with E-state index in [2.05, 4.69) is 11.6 Å². The summed E-state index contributed by atoms with van der Waals surface area (Å²) in [6.45, 7) is 4.37. The highest BCUT2D eigenvalue weighted by Gasteiger charge is 2.07. The SMILES string of the molecule is C=CCn1c(-c2ccc(Cl)c(Cl)c2)c[nH]c1=S. The van der Waals surface area contributed by atoms with Crippen molar-refractivity contribution in [2.75, 3.05) is 0 Å². The van der Waals surface area contributed by atoms with Gasteiger partial charge in [-0.25, -0.2) is 0 Å². The van der Waals surface area contributed by atoms with Gasteiger partial charge in [-0.05, 0) is 24.4 Å². The van der Waals surface area contributed by atoms with Crippen LogP contribution in [0.2, 0.25) is 10.0 Å². The summed E-state index contributed by atoms with van der Waals surface area (Å²) in [5, 5.41) is 1.07. The van der Waals surface area contributed by atoms with Crippen molar-refractivity contribution in [1.29, 1.82) is 0 Å². The first-order chi connectivity index (χ1) is 8.13. The minimum atomic E-state index is 0.529. The summed E-state index contributed by atoms with van der Waals surface area (Å²) in [5.74, 6) is 0. The van der Waals surface area contributed by atoms with Gasteiger partial charge in [0.1, 0.15) is 0 Å². The van der Waals surface area contributed by atoms with E-state index in [1.165, 1.54) is 0 Å². The molecule has 0 aliphatic rings. The summed E-state index contributed by atoms with van der Waals surface area (Å²) in [4.78, 5) is 3.01. The molecule has 0 aliphatic heterocycles. The van der Waals surface area contributed by atoms with E-state index in [-0.39, 0.29) is 0 Å². The molecule has 2 nitrogen and oxygen atoms in total. The van der Waals surface area contributed by atoms with Gasteiger partial charge in [0.25, 0.3) is 0 Å². The van der Waals surface area contributed by atoms with Crippen LogP contribution in [0.4, 0.5) is 0 Å². The lowest BCUT2D eigenvalue weighted by Gasteiger charge is -2.06. The van der Waals surface area contributed by atoms with Crippen LogP contribution in [0.15, 0.2) is 37.1 Å². The Kier molecular flexibility index (Phi) is 3.72. The second kappa shape index (κ2) is 5.08. The monoisotopic (exact) mass is 284 g/mol. The van der Waals surface area contributed by atoms with E-state index < -0.39 is 0 Å². The lowest BCUT2D eigenvalue weighted by Crippen LogP contribution is -1.97. The maximum atomic E-state index is 6.00. The van der Waals surface area contributed by atoms with Crippen LogP contribution in [0, 0.1) is 4.77 Å². The molecule has 0 saturated heterocycles. The Labute approximate surface area is 114 Å². The van der Waals surface area contributed by atoms with Crippen molar-refractivity contribution in [2.45, 2.75) is 6.54 Å². The molecule has 0 aliphatic carbocycles. The van der Waals surface area contributed by atoms with Crippen LogP contribution >= 0.6 is 35.4 Å². The van der Waals surface area contributed by atoms with Gasteiger partial charge < -0.3 is 9.55 Å². The standard InChI is InChI=1S/C12H10Cl2N2S/c1-2-5-16-11(7-15-12(16)17)8-3-4-9(13)10(14)6-8/h2-4,6-7H,1,5H2,(H,15,17). The van der Waals surface area contributed by atoms with E-state index in [0.717, 1.165) is 11.3 Å². The van der Waals surface area contributed by atoms with Crippen molar-refractivity contribution in [3.05, 3.63) is 51.9 Å². The van der Waals surface area contributed by atoms with Gasteiger partial charge in [-0.15, -0.1) is 6.58 Å². The number of H-pyrrole nitrogens is 1. The molecule has 2 aromatic rings. The van der Waals surface area contributed by atoms with Crippen molar-refractivity contribution in [3.8, 4) is 11.3 Å². The number of allylic oxidation sites excluding steroid dienone is 1. The molecule has 0 spiro atoms. The minimum Gasteiger partial charge on any atom is -0.337 e. The predicted molar refractivity (Wildman–Crippen MR) is 75.3 cm³/mol. The fourth-order valence-corrected chi connectivity index (χ4v) is 2.13. The number of benzene rings is 1. The Morgan fingerprint density at radius 2 is 2.12 bits per heavy atom. The number of rotatable bonds is 3. The third-order valence-corrected chi connectivity index (χ3v) is 3.47. The highest BCUT2D eigenvalue weighted by molar-refractivity contribution is 7.71. The molecule has 5 heteroatoms. The molecule has 88 valence electrons. The Balaban J connectivity index is 2.56. The number of hydrogen-bond donors (Lipinski definition) is 1. The molecule has 2 rings (SSSR count). The third kappa shape index (κ3) is 2.46. The molecule has 1 aromatic carbocycles. The summed E-state index contributed by atoms with van der Waals surface area (Å²) in [5.41, 5.74) is 1.93. The van der Waals surface area contributed by atoms with Crippen LogP contribution in [0.3, 0.4) is 0 Å². The molecule has 17 heavy (non-hydrogen) atoms. The molecule has 1 aromatic heterocycles. The zero-order chi connectivity index (χ0) is 12.4. The number of aromatic nitrogens is 2. The van der Waals surface area contributed by atoms with Crippen molar-refractivity contribution < 1.29 is 0 Å². The largest absolute Gasteiger partial charge is 0.337 e. The number of imidazole rings is 1. The second-order valence-corrected chi connectivity index (χ2v) is 4.71. The Morgan fingerprint density at radius 3 is 2.76 bits per heavy atom. The van der Waals surface area contributed by atoms with Gasteiger partial charge in [-0.2, -0.15) is 0 Å². The normalized spacial score (nSPS) is 10.5. The van der Waals surface area contributed by atoms with Gasteiger partial charge in [-0.3, -0.25) is 0 Å². The van der Waals surface area contributed by atoms with Gasteiger partial charge in [0.2, 0.25) is 0 Å². The van der Waals surface area contributed by atoms with Crippen LogP contribution in [0.5, 0.6) is 0 Å². The Hall–Kier alpha value is -1.03. The lowest BCUT2D eigenvalue weighted by molar-refractivity contribution is 0.815. The number of aromatic amines is 1. The topological polar surface area (TPSA) is 20.7 Å². The summed E-state index contributed by atoms with van der Waals surface area (Å²) in [6.07, 6.45) is 3.65. The van der Waals surface area contributed by atoms with Crippen LogP contribution in [-0.2, 0) is 6.54 Å². The van der Waals surface area contributed by atoms with E-state index in [4.69, 9.17) is 35.4 Å². The molecule has 0 amide bonds. The summed E-state index contributed by atoms with van der Waals surface area (Å²) in [7, 11) is 0. The zero-order valence-electron chi connectivity index (χ0n) is 8.91. The number of nitrogens with zero attached hydrogens (tertiary/aromatic N) is 1. The van der Waals surface area contributed by atoms with Gasteiger partial charge in [-0.1, -0.05) is 35.3 Å². The molecule has 0 atom stereocenters. The number of hydrogen-bond acceptors (Lipinski definition) is 1. The first-order valence-electron chi connectivity index (χ1n) is 4.98. The van der Waals surface area contributed by atoms with Gasteiger partial charge in [0, 0.05) is 18.3 Å². The molecule has 0 unspecified atom stereocenters. The van der Waals surface area contributed by atoms with E-state index in [9.17, 15) is 0 Å². The summed E-state index contributed by atoms with van der Waals surface area (Å²) >= 11 is 17.1. The summed E-state index contributed by atoms with van der Waals surface area (Å²) in [6, 6.07) is 5.50. The van der Waals surface area contributed by atoms with Crippen LogP contribution in [0.25, 0.3) is 11.3 Å². The average Bonchev–Trinajstić information content (AvgIpc) is 2.66. The second-order valence-electron chi connectivity index (χ2n) is 3.51. The van der Waals surface area contributed by atoms with Crippen molar-refractivity contribution in [1.82, 2.24) is 9.55 Å². The van der Waals surface area contributed by atoms with Crippen molar-refractivity contribution >= 4 is 35.4 Å². The fourth-order valence-electron chi connectivity index (χ4n) is 1.60. The van der Waals surface area contributed by atoms with E-state index in [1.807, 2.05) is 22.9 Å². The first-order valence-corrected chi connectivity index (χ1v) is 6.14. The molecule has 0 saturated carbocycles. The highest BCUT2D eigenvalue weighted by atomic mass is 35.5. The van der Waals surface area contributed by atoms with Crippen LogP contribution in [-0.4, -0.2) is 9.55 Å². The predicted octanol–water partition coefficient (Wildman–Crippen LogP) is 4.71. The van der Waals surface area contributed by atoms with E-state index in [1.54, 1.807) is 12.1 Å². The quantitative estimate of drug-likeness (QED) is 0.640. The van der Waals surface area contributed by atoms with E-state index in [0.29, 0.717) is 21.4 Å². The first kappa shape index (κ1) is 12.4. The zero-order valence-corrected chi connectivity index (χ0v) is 11.2. The molecular formula is C12H10Cl2N2S.